The summed E-state index contributed by atoms with van der Waals surface area (Å²) in [6.45, 7) is 2.74. The van der Waals surface area contributed by atoms with E-state index in [1.54, 1.807) is 12.1 Å². The molecule has 1 N–H and O–H groups in total. The number of unbranched alkanes of at least 4 members (excludes halogenated alkanes) is 1. The summed E-state index contributed by atoms with van der Waals surface area (Å²) in [5.41, 5.74) is 1.12. The number of carbonyl (C=O) groups excluding carboxylic acids is 2. The van der Waals surface area contributed by atoms with Crippen molar-refractivity contribution in [3.8, 4) is 0 Å². The molecule has 0 radical (unpaired) electrons. The smallest absolute Gasteiger partial charge is 0.251 e. The molecule has 0 saturated carbocycles. The van der Waals surface area contributed by atoms with Crippen molar-refractivity contribution >= 4 is 23.0 Å². The molecule has 2 aromatic carbocycles. The van der Waals surface area contributed by atoms with Crippen LogP contribution in [0.25, 0.3) is 10.8 Å². The predicted octanol–water partition coefficient (Wildman–Crippen LogP) is 3.18. The minimum atomic E-state index is -0.117. The summed E-state index contributed by atoms with van der Waals surface area (Å²) in [7, 11) is 0. The highest BCUT2D eigenvalue weighted by molar-refractivity contribution is 6.12. The molecule has 0 heterocycles. The van der Waals surface area contributed by atoms with Crippen LogP contribution in [0.2, 0.25) is 0 Å². The van der Waals surface area contributed by atoms with Crippen LogP contribution in [0.3, 0.4) is 0 Å². The highest BCUT2D eigenvalue weighted by atomic mass is 16.1. The molecule has 0 spiro atoms. The molecule has 0 aliphatic rings. The Morgan fingerprint density at radius 1 is 1.21 bits per heavy atom. The van der Waals surface area contributed by atoms with E-state index in [1.165, 1.54) is 0 Å². The number of carbonyl (C=O) groups is 2. The van der Waals surface area contributed by atoms with Crippen molar-refractivity contribution in [2.24, 2.45) is 0 Å². The zero-order valence-electron chi connectivity index (χ0n) is 11.0. The fourth-order valence-electron chi connectivity index (χ4n) is 2.13. The second-order valence-corrected chi connectivity index (χ2v) is 4.48. The van der Waals surface area contributed by atoms with Gasteiger partial charge in [-0.2, -0.15) is 0 Å². The number of fused-ring (bicyclic) bond motifs is 1. The lowest BCUT2D eigenvalue weighted by atomic mass is 9.99. The molecule has 2 aromatic rings. The molecule has 0 bridgehead atoms. The number of hydrogen-bond acceptors (Lipinski definition) is 2. The van der Waals surface area contributed by atoms with Gasteiger partial charge in [0.25, 0.3) is 5.91 Å². The maximum atomic E-state index is 12.2. The second kappa shape index (κ2) is 6.14. The molecule has 0 aliphatic carbocycles. The molecule has 0 unspecified atom stereocenters. The van der Waals surface area contributed by atoms with E-state index < -0.39 is 0 Å². The first-order valence-electron chi connectivity index (χ1n) is 6.53. The Bertz CT molecular complexity index is 599. The summed E-state index contributed by atoms with van der Waals surface area (Å²) in [5, 5.41) is 4.53. The lowest BCUT2D eigenvalue weighted by Crippen LogP contribution is -2.24. The van der Waals surface area contributed by atoms with Gasteiger partial charge in [0.1, 0.15) is 0 Å². The lowest BCUT2D eigenvalue weighted by molar-refractivity contribution is 0.0955. The third-order valence-electron chi connectivity index (χ3n) is 3.12. The number of benzene rings is 2. The SMILES string of the molecule is CCCCNC(=O)c1cccc2cccc(C=O)c12. The minimum Gasteiger partial charge on any atom is -0.352 e. The van der Waals surface area contributed by atoms with Crippen molar-refractivity contribution in [2.75, 3.05) is 6.54 Å². The van der Waals surface area contributed by atoms with Crippen LogP contribution in [0.5, 0.6) is 0 Å². The van der Waals surface area contributed by atoms with E-state index in [2.05, 4.69) is 12.2 Å². The van der Waals surface area contributed by atoms with Crippen molar-refractivity contribution in [1.82, 2.24) is 5.32 Å². The van der Waals surface area contributed by atoms with Crippen molar-refractivity contribution in [3.05, 3.63) is 47.5 Å². The van der Waals surface area contributed by atoms with Gasteiger partial charge in [-0.25, -0.2) is 0 Å². The van der Waals surface area contributed by atoms with Crippen LogP contribution in [0, 0.1) is 0 Å². The molecule has 2 rings (SSSR count). The number of nitrogens with one attached hydrogen (secondary N) is 1. The van der Waals surface area contributed by atoms with E-state index >= 15 is 0 Å². The molecule has 0 fully saturated rings. The van der Waals surface area contributed by atoms with Crippen molar-refractivity contribution < 1.29 is 9.59 Å². The van der Waals surface area contributed by atoms with Gasteiger partial charge in [-0.15, -0.1) is 0 Å². The molecule has 0 aliphatic heterocycles. The maximum Gasteiger partial charge on any atom is 0.251 e. The van der Waals surface area contributed by atoms with Crippen molar-refractivity contribution in [1.29, 1.82) is 0 Å². The van der Waals surface area contributed by atoms with E-state index in [9.17, 15) is 9.59 Å². The first kappa shape index (κ1) is 13.3. The van der Waals surface area contributed by atoms with Gasteiger partial charge in [0.05, 0.1) is 0 Å². The third-order valence-corrected chi connectivity index (χ3v) is 3.12. The summed E-state index contributed by atoms with van der Waals surface area (Å²) >= 11 is 0. The van der Waals surface area contributed by atoms with Crippen molar-refractivity contribution in [3.63, 3.8) is 0 Å². The molecular formula is C16H17NO2. The van der Waals surface area contributed by atoms with E-state index in [-0.39, 0.29) is 5.91 Å². The summed E-state index contributed by atoms with van der Waals surface area (Å²) in [5.74, 6) is -0.117. The molecule has 98 valence electrons. The first-order valence-corrected chi connectivity index (χ1v) is 6.53. The molecule has 3 nitrogen and oxygen atoms in total. The average molecular weight is 255 g/mol. The Morgan fingerprint density at radius 2 is 1.95 bits per heavy atom. The van der Waals surface area contributed by atoms with Gasteiger partial charge < -0.3 is 5.32 Å². The van der Waals surface area contributed by atoms with Crippen LogP contribution in [-0.4, -0.2) is 18.7 Å². The number of rotatable bonds is 5. The number of aldehydes is 1. The molecule has 1 amide bonds. The number of amides is 1. The van der Waals surface area contributed by atoms with Gasteiger partial charge in [0.15, 0.2) is 6.29 Å². The van der Waals surface area contributed by atoms with Gasteiger partial charge >= 0.3 is 0 Å². The highest BCUT2D eigenvalue weighted by Gasteiger charge is 2.11. The lowest BCUT2D eigenvalue weighted by Gasteiger charge is -2.09. The Kier molecular flexibility index (Phi) is 4.29. The van der Waals surface area contributed by atoms with Gasteiger partial charge in [0, 0.05) is 23.1 Å². The van der Waals surface area contributed by atoms with Crippen LogP contribution in [-0.2, 0) is 0 Å². The van der Waals surface area contributed by atoms with Gasteiger partial charge in [-0.1, -0.05) is 43.7 Å². The Balaban J connectivity index is 2.42. The van der Waals surface area contributed by atoms with Crippen LogP contribution in [0.1, 0.15) is 40.5 Å². The summed E-state index contributed by atoms with van der Waals surface area (Å²) < 4.78 is 0. The van der Waals surface area contributed by atoms with Crippen molar-refractivity contribution in [2.45, 2.75) is 19.8 Å². The third kappa shape index (κ3) is 2.81. The standard InChI is InChI=1S/C16H17NO2/c1-2-3-10-17-16(19)14-9-5-7-12-6-4-8-13(11-18)15(12)14/h4-9,11H,2-3,10H2,1H3,(H,17,19). The first-order chi connectivity index (χ1) is 9.27. The van der Waals surface area contributed by atoms with Crippen LogP contribution >= 0.6 is 0 Å². The molecule has 0 aromatic heterocycles. The van der Waals surface area contributed by atoms with Crippen LogP contribution in [0.15, 0.2) is 36.4 Å². The fourth-order valence-corrected chi connectivity index (χ4v) is 2.13. The van der Waals surface area contributed by atoms with Gasteiger partial charge in [0.2, 0.25) is 0 Å². The molecule has 0 atom stereocenters. The molecule has 3 heteroatoms. The van der Waals surface area contributed by atoms with Crippen LogP contribution in [0.4, 0.5) is 0 Å². The maximum absolute atomic E-state index is 12.2. The Hall–Kier alpha value is -2.16. The largest absolute Gasteiger partial charge is 0.352 e. The Labute approximate surface area is 112 Å². The van der Waals surface area contributed by atoms with Gasteiger partial charge in [-0.05, 0) is 17.9 Å². The molecular weight excluding hydrogens is 238 g/mol. The fraction of sp³-hybridized carbons (Fsp3) is 0.250. The zero-order valence-corrected chi connectivity index (χ0v) is 11.0. The quantitative estimate of drug-likeness (QED) is 0.659. The Morgan fingerprint density at radius 3 is 2.63 bits per heavy atom. The highest BCUT2D eigenvalue weighted by Crippen LogP contribution is 2.22. The van der Waals surface area contributed by atoms with E-state index in [1.807, 2.05) is 24.3 Å². The normalized spacial score (nSPS) is 10.4. The summed E-state index contributed by atoms with van der Waals surface area (Å²) in [6.07, 6.45) is 2.79. The van der Waals surface area contributed by atoms with E-state index in [0.29, 0.717) is 17.7 Å². The summed E-state index contributed by atoms with van der Waals surface area (Å²) in [6, 6.07) is 11.0. The van der Waals surface area contributed by atoms with Crippen LogP contribution < -0.4 is 5.32 Å². The monoisotopic (exact) mass is 255 g/mol. The summed E-state index contributed by atoms with van der Waals surface area (Å²) in [4.78, 5) is 23.3. The van der Waals surface area contributed by atoms with E-state index in [4.69, 9.17) is 0 Å². The van der Waals surface area contributed by atoms with Gasteiger partial charge in [-0.3, -0.25) is 9.59 Å². The number of hydrogen-bond donors (Lipinski definition) is 1. The second-order valence-electron chi connectivity index (χ2n) is 4.48. The predicted molar refractivity (Wildman–Crippen MR) is 76.6 cm³/mol. The topological polar surface area (TPSA) is 46.2 Å². The average Bonchev–Trinajstić information content (AvgIpc) is 2.46. The molecule has 0 saturated heterocycles. The molecule has 19 heavy (non-hydrogen) atoms. The zero-order chi connectivity index (χ0) is 13.7. The van der Waals surface area contributed by atoms with E-state index in [0.717, 1.165) is 29.9 Å². The minimum absolute atomic E-state index is 0.117.